The van der Waals surface area contributed by atoms with Gasteiger partial charge in [0.05, 0.1) is 4.92 Å². The van der Waals surface area contributed by atoms with Gasteiger partial charge in [0.25, 0.3) is 5.69 Å². The Balaban J connectivity index is 2.21. The minimum absolute atomic E-state index is 0.000115. The van der Waals surface area contributed by atoms with E-state index in [1.54, 1.807) is 12.1 Å². The Labute approximate surface area is 104 Å². The molecule has 16 heavy (non-hydrogen) atoms. The van der Waals surface area contributed by atoms with Gasteiger partial charge < -0.3 is 0 Å². The van der Waals surface area contributed by atoms with Crippen LogP contribution in [-0.2, 0) is 6.42 Å². The minimum atomic E-state index is -0.405. The van der Waals surface area contributed by atoms with E-state index >= 15 is 0 Å². The zero-order valence-corrected chi connectivity index (χ0v) is 10.0. The highest BCUT2D eigenvalue weighted by Crippen LogP contribution is 2.38. The van der Waals surface area contributed by atoms with Gasteiger partial charge >= 0.3 is 0 Å². The molecule has 0 aliphatic heterocycles. The summed E-state index contributed by atoms with van der Waals surface area (Å²) in [5, 5.41) is 11.2. The van der Waals surface area contributed by atoms with Crippen molar-refractivity contribution in [2.45, 2.75) is 24.6 Å². The number of halogens is 2. The van der Waals surface area contributed by atoms with Crippen LogP contribution in [0.3, 0.4) is 0 Å². The third kappa shape index (κ3) is 2.66. The monoisotopic (exact) mass is 259 g/mol. The zero-order valence-electron chi connectivity index (χ0n) is 8.53. The van der Waals surface area contributed by atoms with Crippen molar-refractivity contribution >= 4 is 28.9 Å². The van der Waals surface area contributed by atoms with Crippen LogP contribution in [0.4, 0.5) is 5.69 Å². The second-order valence-corrected chi connectivity index (χ2v) is 5.08. The molecule has 86 valence electrons. The van der Waals surface area contributed by atoms with E-state index in [4.69, 9.17) is 23.2 Å². The smallest absolute Gasteiger partial charge is 0.258 e. The summed E-state index contributed by atoms with van der Waals surface area (Å²) in [7, 11) is 0. The lowest BCUT2D eigenvalue weighted by molar-refractivity contribution is -0.385. The molecule has 1 aliphatic carbocycles. The maximum atomic E-state index is 10.8. The molecule has 5 heteroatoms. The van der Waals surface area contributed by atoms with Crippen molar-refractivity contribution in [1.29, 1.82) is 0 Å². The number of alkyl halides is 1. The van der Waals surface area contributed by atoms with E-state index in [2.05, 4.69) is 0 Å². The molecule has 0 bridgehead atoms. The maximum Gasteiger partial charge on any atom is 0.274 e. The summed E-state index contributed by atoms with van der Waals surface area (Å²) in [6, 6.07) is 4.74. The van der Waals surface area contributed by atoms with Gasteiger partial charge in [-0.25, -0.2) is 0 Å². The molecule has 1 saturated carbocycles. The first-order valence-corrected chi connectivity index (χ1v) is 5.96. The zero-order chi connectivity index (χ0) is 11.7. The van der Waals surface area contributed by atoms with Gasteiger partial charge in [-0.3, -0.25) is 10.1 Å². The number of benzene rings is 1. The fourth-order valence-corrected chi connectivity index (χ4v) is 2.30. The molecular weight excluding hydrogens is 249 g/mol. The van der Waals surface area contributed by atoms with Gasteiger partial charge in [-0.15, -0.1) is 11.6 Å². The summed E-state index contributed by atoms with van der Waals surface area (Å²) < 4.78 is 0. The largest absolute Gasteiger partial charge is 0.274 e. The highest BCUT2D eigenvalue weighted by atomic mass is 35.5. The maximum absolute atomic E-state index is 10.8. The van der Waals surface area contributed by atoms with Crippen molar-refractivity contribution in [3.8, 4) is 0 Å². The summed E-state index contributed by atoms with van der Waals surface area (Å²) in [6.45, 7) is 0. The first kappa shape index (κ1) is 11.7. The fraction of sp³-hybridized carbons (Fsp3) is 0.455. The molecule has 1 fully saturated rings. The van der Waals surface area contributed by atoms with Crippen LogP contribution in [0.5, 0.6) is 0 Å². The average Bonchev–Trinajstić information content (AvgIpc) is 3.03. The number of nitrogens with zero attached hydrogens (tertiary/aromatic N) is 1. The van der Waals surface area contributed by atoms with Crippen LogP contribution < -0.4 is 0 Å². The Kier molecular flexibility index (Phi) is 3.36. The molecule has 2 rings (SSSR count). The Bertz CT molecular complexity index is 418. The van der Waals surface area contributed by atoms with E-state index in [-0.39, 0.29) is 11.1 Å². The van der Waals surface area contributed by atoms with Crippen molar-refractivity contribution in [2.24, 2.45) is 5.92 Å². The SMILES string of the molecule is O=[N+]([O-])c1cc(Cl)ccc1CC(Cl)C1CC1. The van der Waals surface area contributed by atoms with E-state index in [9.17, 15) is 10.1 Å². The van der Waals surface area contributed by atoms with E-state index in [0.717, 1.165) is 12.8 Å². The first-order chi connectivity index (χ1) is 7.58. The molecule has 1 aromatic rings. The molecule has 1 aromatic carbocycles. The first-order valence-electron chi connectivity index (χ1n) is 5.15. The normalized spacial score (nSPS) is 17.1. The third-order valence-corrected chi connectivity index (χ3v) is 3.54. The summed E-state index contributed by atoms with van der Waals surface area (Å²) in [5.41, 5.74) is 0.736. The van der Waals surface area contributed by atoms with Crippen molar-refractivity contribution in [2.75, 3.05) is 0 Å². The van der Waals surface area contributed by atoms with Crippen LogP contribution in [0.2, 0.25) is 5.02 Å². The van der Waals surface area contributed by atoms with Gasteiger partial charge in [0.2, 0.25) is 0 Å². The summed E-state index contributed by atoms with van der Waals surface area (Å²) in [4.78, 5) is 10.4. The Morgan fingerprint density at radius 2 is 2.19 bits per heavy atom. The lowest BCUT2D eigenvalue weighted by atomic mass is 10.1. The summed E-state index contributed by atoms with van der Waals surface area (Å²) in [5.74, 6) is 0.525. The van der Waals surface area contributed by atoms with E-state index in [0.29, 0.717) is 22.9 Å². The van der Waals surface area contributed by atoms with Crippen molar-refractivity contribution in [3.63, 3.8) is 0 Å². The second-order valence-electron chi connectivity index (χ2n) is 4.09. The standard InChI is InChI=1S/C11H11Cl2NO2/c12-9-4-3-8(11(6-9)14(15)16)5-10(13)7-1-2-7/h3-4,6-7,10H,1-2,5H2. The molecule has 0 spiro atoms. The van der Waals surface area contributed by atoms with E-state index in [1.165, 1.54) is 6.07 Å². The molecule has 0 aromatic heterocycles. The lowest BCUT2D eigenvalue weighted by Gasteiger charge is -2.08. The molecular formula is C11H11Cl2NO2. The molecule has 0 amide bonds. The highest BCUT2D eigenvalue weighted by Gasteiger charge is 2.31. The predicted octanol–water partition coefficient (Wildman–Crippen LogP) is 3.81. The number of nitro groups is 1. The van der Waals surface area contributed by atoms with Gasteiger partial charge in [0.1, 0.15) is 0 Å². The summed E-state index contributed by atoms with van der Waals surface area (Å²) >= 11 is 11.9. The van der Waals surface area contributed by atoms with Crippen LogP contribution in [0.1, 0.15) is 18.4 Å². The molecule has 1 aliphatic rings. The van der Waals surface area contributed by atoms with Crippen molar-refractivity contribution in [1.82, 2.24) is 0 Å². The molecule has 1 unspecified atom stereocenters. The van der Waals surface area contributed by atoms with Crippen LogP contribution in [0, 0.1) is 16.0 Å². The molecule has 0 saturated heterocycles. The molecule has 0 N–H and O–H groups in total. The highest BCUT2D eigenvalue weighted by molar-refractivity contribution is 6.30. The van der Waals surface area contributed by atoms with Gasteiger partial charge in [-0.1, -0.05) is 17.7 Å². The second kappa shape index (κ2) is 4.60. The van der Waals surface area contributed by atoms with Gasteiger partial charge in [0.15, 0.2) is 0 Å². The Hall–Kier alpha value is -0.800. The third-order valence-electron chi connectivity index (χ3n) is 2.79. The average molecular weight is 260 g/mol. The van der Waals surface area contributed by atoms with Crippen LogP contribution >= 0.6 is 23.2 Å². The van der Waals surface area contributed by atoms with E-state index < -0.39 is 4.92 Å². The number of nitro benzene ring substituents is 1. The molecule has 0 radical (unpaired) electrons. The lowest BCUT2D eigenvalue weighted by Crippen LogP contribution is -2.07. The number of rotatable bonds is 4. The predicted molar refractivity (Wildman–Crippen MR) is 64.2 cm³/mol. The van der Waals surface area contributed by atoms with Gasteiger partial charge in [-0.05, 0) is 31.2 Å². The van der Waals surface area contributed by atoms with E-state index in [1.807, 2.05) is 0 Å². The Morgan fingerprint density at radius 1 is 1.50 bits per heavy atom. The molecule has 3 nitrogen and oxygen atoms in total. The van der Waals surface area contributed by atoms with Crippen molar-refractivity contribution in [3.05, 3.63) is 38.9 Å². The number of hydrogen-bond acceptors (Lipinski definition) is 2. The number of hydrogen-bond donors (Lipinski definition) is 0. The molecule has 0 heterocycles. The fourth-order valence-electron chi connectivity index (χ4n) is 1.71. The Morgan fingerprint density at radius 3 is 2.75 bits per heavy atom. The van der Waals surface area contributed by atoms with Gasteiger partial charge in [0, 0.05) is 22.0 Å². The van der Waals surface area contributed by atoms with Crippen LogP contribution in [0.15, 0.2) is 18.2 Å². The minimum Gasteiger partial charge on any atom is -0.258 e. The van der Waals surface area contributed by atoms with Gasteiger partial charge in [-0.2, -0.15) is 0 Å². The van der Waals surface area contributed by atoms with Crippen LogP contribution in [-0.4, -0.2) is 10.3 Å². The quantitative estimate of drug-likeness (QED) is 0.469. The van der Waals surface area contributed by atoms with Crippen molar-refractivity contribution < 1.29 is 4.92 Å². The van der Waals surface area contributed by atoms with Crippen LogP contribution in [0.25, 0.3) is 0 Å². The topological polar surface area (TPSA) is 43.1 Å². The molecule has 1 atom stereocenters. The summed E-state index contributed by atoms with van der Waals surface area (Å²) in [6.07, 6.45) is 2.81.